The van der Waals surface area contributed by atoms with Gasteiger partial charge in [-0.05, 0) is 69.9 Å². The maximum Gasteiger partial charge on any atom is 0.244 e. The van der Waals surface area contributed by atoms with E-state index in [-0.39, 0.29) is 17.6 Å². The highest BCUT2D eigenvalue weighted by Gasteiger charge is 2.29. The first-order chi connectivity index (χ1) is 15.8. The molecular weight excluding hydrogens is 414 g/mol. The van der Waals surface area contributed by atoms with Crippen LogP contribution in [-0.2, 0) is 16.1 Å². The lowest BCUT2D eigenvalue weighted by Crippen LogP contribution is -2.45. The summed E-state index contributed by atoms with van der Waals surface area (Å²) in [5.74, 6) is -0.180. The number of amides is 1. The van der Waals surface area contributed by atoms with Gasteiger partial charge in [-0.2, -0.15) is 5.26 Å². The molecule has 1 amide bonds. The smallest absolute Gasteiger partial charge is 0.244 e. The summed E-state index contributed by atoms with van der Waals surface area (Å²) in [5, 5.41) is 13.9. The molecule has 0 aliphatic carbocycles. The first-order valence-electron chi connectivity index (χ1n) is 11.2. The highest BCUT2D eigenvalue weighted by atomic mass is 16.5. The van der Waals surface area contributed by atoms with E-state index in [2.05, 4.69) is 16.4 Å². The molecule has 1 saturated heterocycles. The maximum absolute atomic E-state index is 12.7. The number of carbonyl (C=O) groups excluding carboxylic acids is 1. The van der Waals surface area contributed by atoms with E-state index in [0.29, 0.717) is 24.4 Å². The fraction of sp³-hybridized carbons (Fsp3) is 0.385. The molecule has 0 bridgehead atoms. The Morgan fingerprint density at radius 1 is 1.42 bits per heavy atom. The molecule has 3 aromatic heterocycles. The summed E-state index contributed by atoms with van der Waals surface area (Å²) in [4.78, 5) is 21.7. The number of carbonyl (C=O) groups is 1. The van der Waals surface area contributed by atoms with Crippen molar-refractivity contribution in [2.45, 2.75) is 58.7 Å². The molecule has 4 rings (SSSR count). The molecule has 3 aromatic rings. The van der Waals surface area contributed by atoms with E-state index in [1.54, 1.807) is 18.5 Å². The normalized spacial score (nSPS) is 17.8. The second kappa shape index (κ2) is 9.16. The van der Waals surface area contributed by atoms with Crippen molar-refractivity contribution in [3.8, 4) is 6.07 Å². The Labute approximate surface area is 194 Å². The van der Waals surface area contributed by atoms with Crippen molar-refractivity contribution in [3.63, 3.8) is 0 Å². The highest BCUT2D eigenvalue weighted by Crippen LogP contribution is 2.30. The number of aryl methyl sites for hydroxylation is 2. The van der Waals surface area contributed by atoms with Crippen LogP contribution < -0.4 is 5.32 Å². The predicted octanol–water partition coefficient (Wildman–Crippen LogP) is 4.06. The molecule has 7 heteroatoms. The lowest BCUT2D eigenvalue weighted by atomic mass is 9.94. The largest absolute Gasteiger partial charge is 0.375 e. The van der Waals surface area contributed by atoms with Gasteiger partial charge in [0.25, 0.3) is 0 Å². The van der Waals surface area contributed by atoms with Gasteiger partial charge >= 0.3 is 0 Å². The quantitative estimate of drug-likeness (QED) is 0.601. The molecule has 1 atom stereocenters. The van der Waals surface area contributed by atoms with E-state index in [0.717, 1.165) is 40.7 Å². The number of nitrogens with zero attached hydrogens (tertiary/aromatic N) is 4. The van der Waals surface area contributed by atoms with E-state index in [1.807, 2.05) is 50.5 Å². The van der Waals surface area contributed by atoms with Gasteiger partial charge in [0.1, 0.15) is 11.7 Å². The zero-order chi connectivity index (χ0) is 23.6. The third kappa shape index (κ3) is 4.96. The fourth-order valence-corrected chi connectivity index (χ4v) is 4.58. The SMILES string of the molecule is Cc1cc(C)c2c(C#N)c(/C=C/C(=O)NC3CCOC(C)(C)C3)n(Cc3cccnc3)c2n1. The summed E-state index contributed by atoms with van der Waals surface area (Å²) in [6, 6.07) is 8.26. The molecule has 1 aliphatic rings. The van der Waals surface area contributed by atoms with Crippen LogP contribution in [0.2, 0.25) is 0 Å². The van der Waals surface area contributed by atoms with Gasteiger partial charge < -0.3 is 14.6 Å². The minimum absolute atomic E-state index is 0.0640. The van der Waals surface area contributed by atoms with Crippen LogP contribution in [0.25, 0.3) is 17.1 Å². The minimum Gasteiger partial charge on any atom is -0.375 e. The third-order valence-electron chi connectivity index (χ3n) is 5.99. The van der Waals surface area contributed by atoms with Crippen LogP contribution in [0.4, 0.5) is 0 Å². The number of rotatable bonds is 5. The van der Waals surface area contributed by atoms with Crippen molar-refractivity contribution in [1.29, 1.82) is 5.26 Å². The van der Waals surface area contributed by atoms with Gasteiger partial charge in [-0.3, -0.25) is 9.78 Å². The second-order valence-corrected chi connectivity index (χ2v) is 9.24. The number of ether oxygens (including phenoxy) is 1. The third-order valence-corrected chi connectivity index (χ3v) is 5.99. The Kier molecular flexibility index (Phi) is 6.30. The Morgan fingerprint density at radius 2 is 2.24 bits per heavy atom. The van der Waals surface area contributed by atoms with Gasteiger partial charge in [0.15, 0.2) is 0 Å². The van der Waals surface area contributed by atoms with Gasteiger partial charge in [-0.15, -0.1) is 0 Å². The Balaban J connectivity index is 1.71. The van der Waals surface area contributed by atoms with E-state index in [1.165, 1.54) is 6.08 Å². The molecule has 1 aliphatic heterocycles. The lowest BCUT2D eigenvalue weighted by Gasteiger charge is -2.35. The average Bonchev–Trinajstić information content (AvgIpc) is 3.05. The van der Waals surface area contributed by atoms with E-state index in [4.69, 9.17) is 9.72 Å². The van der Waals surface area contributed by atoms with E-state index >= 15 is 0 Å². The number of hydrogen-bond acceptors (Lipinski definition) is 5. The number of fused-ring (bicyclic) bond motifs is 1. The standard InChI is InChI=1S/C26H29N5O2/c1-17-12-18(2)29-25-24(17)21(14-27)22(31(25)16-19-6-5-10-28-15-19)7-8-23(32)30-20-9-11-33-26(3,4)13-20/h5-8,10,12,15,20H,9,11,13,16H2,1-4H3,(H,30,32)/b8-7+. The molecule has 4 heterocycles. The summed E-state index contributed by atoms with van der Waals surface area (Å²) < 4.78 is 7.74. The Hall–Kier alpha value is -3.50. The summed E-state index contributed by atoms with van der Waals surface area (Å²) in [5.41, 5.74) is 4.54. The van der Waals surface area contributed by atoms with Crippen molar-refractivity contribution in [2.75, 3.05) is 6.61 Å². The number of pyridine rings is 2. The molecule has 0 saturated carbocycles. The molecule has 33 heavy (non-hydrogen) atoms. The molecule has 1 N–H and O–H groups in total. The first-order valence-corrected chi connectivity index (χ1v) is 11.2. The summed E-state index contributed by atoms with van der Waals surface area (Å²) >= 11 is 0. The first kappa shape index (κ1) is 22.7. The lowest BCUT2D eigenvalue weighted by molar-refractivity contribution is -0.119. The fourth-order valence-electron chi connectivity index (χ4n) is 4.58. The van der Waals surface area contributed by atoms with Crippen LogP contribution in [0.15, 0.2) is 36.7 Å². The van der Waals surface area contributed by atoms with Gasteiger partial charge in [0, 0.05) is 42.2 Å². The zero-order valence-corrected chi connectivity index (χ0v) is 19.6. The zero-order valence-electron chi connectivity index (χ0n) is 19.6. The van der Waals surface area contributed by atoms with Crippen LogP contribution >= 0.6 is 0 Å². The van der Waals surface area contributed by atoms with Crippen LogP contribution in [0, 0.1) is 25.2 Å². The number of nitrogens with one attached hydrogen (secondary N) is 1. The van der Waals surface area contributed by atoms with Gasteiger partial charge in [-0.25, -0.2) is 4.98 Å². The average molecular weight is 444 g/mol. The number of hydrogen-bond donors (Lipinski definition) is 1. The van der Waals surface area contributed by atoms with E-state index in [9.17, 15) is 10.1 Å². The van der Waals surface area contributed by atoms with Crippen molar-refractivity contribution in [3.05, 3.63) is 64.7 Å². The Bertz CT molecular complexity index is 1250. The monoisotopic (exact) mass is 443 g/mol. The predicted molar refractivity (Wildman–Crippen MR) is 127 cm³/mol. The van der Waals surface area contributed by atoms with Crippen LogP contribution in [0.5, 0.6) is 0 Å². The van der Waals surface area contributed by atoms with Crippen LogP contribution in [-0.4, -0.2) is 38.7 Å². The minimum atomic E-state index is -0.245. The van der Waals surface area contributed by atoms with Crippen molar-refractivity contribution >= 4 is 23.0 Å². The van der Waals surface area contributed by atoms with E-state index < -0.39 is 0 Å². The number of nitriles is 1. The van der Waals surface area contributed by atoms with Crippen LogP contribution in [0.3, 0.4) is 0 Å². The van der Waals surface area contributed by atoms with Gasteiger partial charge in [0.05, 0.1) is 23.4 Å². The number of aromatic nitrogens is 3. The van der Waals surface area contributed by atoms with Gasteiger partial charge in [0.2, 0.25) is 5.91 Å². The highest BCUT2D eigenvalue weighted by molar-refractivity contribution is 5.96. The molecule has 0 radical (unpaired) electrons. The van der Waals surface area contributed by atoms with Crippen molar-refractivity contribution in [2.24, 2.45) is 0 Å². The summed E-state index contributed by atoms with van der Waals surface area (Å²) in [6.45, 7) is 9.13. The molecule has 1 fully saturated rings. The molecule has 7 nitrogen and oxygen atoms in total. The molecular formula is C26H29N5O2. The van der Waals surface area contributed by atoms with Crippen LogP contribution in [0.1, 0.15) is 54.8 Å². The van der Waals surface area contributed by atoms with Crippen molar-refractivity contribution in [1.82, 2.24) is 19.9 Å². The Morgan fingerprint density at radius 3 is 2.94 bits per heavy atom. The molecule has 0 aromatic carbocycles. The molecule has 170 valence electrons. The molecule has 1 unspecified atom stereocenters. The second-order valence-electron chi connectivity index (χ2n) is 9.24. The molecule has 0 spiro atoms. The van der Waals surface area contributed by atoms with Gasteiger partial charge in [-0.1, -0.05) is 6.07 Å². The summed E-state index contributed by atoms with van der Waals surface area (Å²) in [7, 11) is 0. The maximum atomic E-state index is 12.7. The summed E-state index contributed by atoms with van der Waals surface area (Å²) in [6.07, 6.45) is 8.32. The van der Waals surface area contributed by atoms with Crippen molar-refractivity contribution < 1.29 is 9.53 Å². The topological polar surface area (TPSA) is 92.8 Å².